The van der Waals surface area contributed by atoms with Crippen LogP contribution in [0.1, 0.15) is 29.2 Å². The Kier molecular flexibility index (Phi) is 8.79. The third-order valence-electron chi connectivity index (χ3n) is 5.45. The molecule has 0 heterocycles. The summed E-state index contributed by atoms with van der Waals surface area (Å²) in [6.07, 6.45) is 0.350. The number of carbonyl (C=O) groups excluding carboxylic acids is 2. The van der Waals surface area contributed by atoms with Crippen LogP contribution in [0.25, 0.3) is 0 Å². The molecule has 5 nitrogen and oxygen atoms in total. The predicted octanol–water partition coefficient (Wildman–Crippen LogP) is 4.60. The van der Waals surface area contributed by atoms with Crippen LogP contribution in [-0.4, -0.2) is 35.9 Å². The predicted molar refractivity (Wildman–Crippen MR) is 131 cm³/mol. The lowest BCUT2D eigenvalue weighted by Gasteiger charge is -2.31. The standard InChI is InChI=1S/C28H31FN2O3/c1-4-30-28(33)26(17-22-8-6-5-7-9-22)31(18-23-10-12-24(29)13-11-23)27(32)19-34-25-15-20(2)14-21(3)16-25/h5-16,26H,4,17-19H2,1-3H3,(H,30,33)/t26-/m0/s1. The third kappa shape index (κ3) is 7.17. The summed E-state index contributed by atoms with van der Waals surface area (Å²) in [6, 6.07) is 20.5. The number of ether oxygens (including phenoxy) is 1. The van der Waals surface area contributed by atoms with Gasteiger partial charge in [0, 0.05) is 19.5 Å². The van der Waals surface area contributed by atoms with E-state index >= 15 is 0 Å². The van der Waals surface area contributed by atoms with E-state index in [0.29, 0.717) is 18.7 Å². The minimum atomic E-state index is -0.747. The number of halogens is 1. The lowest BCUT2D eigenvalue weighted by atomic mass is 10.0. The molecule has 3 rings (SSSR count). The molecule has 0 fully saturated rings. The van der Waals surface area contributed by atoms with Crippen molar-refractivity contribution in [3.05, 3.63) is 101 Å². The average Bonchev–Trinajstić information content (AvgIpc) is 2.81. The van der Waals surface area contributed by atoms with Gasteiger partial charge in [-0.05, 0) is 67.3 Å². The van der Waals surface area contributed by atoms with E-state index in [0.717, 1.165) is 22.3 Å². The SMILES string of the molecule is CCNC(=O)[C@H](Cc1ccccc1)N(Cc1ccc(F)cc1)C(=O)COc1cc(C)cc(C)c1. The zero-order valence-corrected chi connectivity index (χ0v) is 19.9. The zero-order chi connectivity index (χ0) is 24.5. The van der Waals surface area contributed by atoms with E-state index in [1.54, 1.807) is 12.1 Å². The number of rotatable bonds is 10. The maximum absolute atomic E-state index is 13.5. The Labute approximate surface area is 200 Å². The highest BCUT2D eigenvalue weighted by Crippen LogP contribution is 2.18. The van der Waals surface area contributed by atoms with Gasteiger partial charge >= 0.3 is 0 Å². The zero-order valence-electron chi connectivity index (χ0n) is 19.9. The first kappa shape index (κ1) is 25.0. The maximum Gasteiger partial charge on any atom is 0.261 e. The fourth-order valence-electron chi connectivity index (χ4n) is 3.88. The van der Waals surface area contributed by atoms with Crippen LogP contribution in [0, 0.1) is 19.7 Å². The van der Waals surface area contributed by atoms with Gasteiger partial charge in [0.1, 0.15) is 17.6 Å². The highest BCUT2D eigenvalue weighted by Gasteiger charge is 2.30. The summed E-state index contributed by atoms with van der Waals surface area (Å²) >= 11 is 0. The van der Waals surface area contributed by atoms with Gasteiger partial charge in [0.2, 0.25) is 5.91 Å². The van der Waals surface area contributed by atoms with Gasteiger partial charge in [0.15, 0.2) is 6.61 Å². The molecule has 0 unspecified atom stereocenters. The second kappa shape index (κ2) is 12.0. The molecule has 178 valence electrons. The summed E-state index contributed by atoms with van der Waals surface area (Å²) in [5, 5.41) is 2.85. The quantitative estimate of drug-likeness (QED) is 0.479. The van der Waals surface area contributed by atoms with E-state index in [1.165, 1.54) is 17.0 Å². The Morgan fingerprint density at radius 3 is 2.21 bits per heavy atom. The molecule has 0 aliphatic carbocycles. The lowest BCUT2D eigenvalue weighted by Crippen LogP contribution is -2.51. The minimum Gasteiger partial charge on any atom is -0.484 e. The largest absolute Gasteiger partial charge is 0.484 e. The number of nitrogens with zero attached hydrogens (tertiary/aromatic N) is 1. The van der Waals surface area contributed by atoms with Crippen molar-refractivity contribution in [3.63, 3.8) is 0 Å². The number of aryl methyl sites for hydroxylation is 2. The van der Waals surface area contributed by atoms with Crippen molar-refractivity contribution >= 4 is 11.8 Å². The molecule has 0 radical (unpaired) electrons. The number of carbonyl (C=O) groups is 2. The van der Waals surface area contributed by atoms with E-state index < -0.39 is 6.04 Å². The molecule has 3 aromatic carbocycles. The van der Waals surface area contributed by atoms with Crippen LogP contribution in [0.3, 0.4) is 0 Å². The van der Waals surface area contributed by atoms with Crippen molar-refractivity contribution in [2.45, 2.75) is 39.8 Å². The van der Waals surface area contributed by atoms with Crippen molar-refractivity contribution < 1.29 is 18.7 Å². The van der Waals surface area contributed by atoms with Crippen molar-refractivity contribution in [1.82, 2.24) is 10.2 Å². The van der Waals surface area contributed by atoms with Crippen LogP contribution in [0.15, 0.2) is 72.8 Å². The molecular formula is C28H31FN2O3. The topological polar surface area (TPSA) is 58.6 Å². The van der Waals surface area contributed by atoms with Gasteiger partial charge in [-0.3, -0.25) is 9.59 Å². The highest BCUT2D eigenvalue weighted by atomic mass is 19.1. The second-order valence-electron chi connectivity index (χ2n) is 8.36. The molecule has 2 amide bonds. The van der Waals surface area contributed by atoms with Gasteiger partial charge in [-0.2, -0.15) is 0 Å². The average molecular weight is 463 g/mol. The first-order chi connectivity index (χ1) is 16.4. The summed E-state index contributed by atoms with van der Waals surface area (Å²) in [6.45, 7) is 6.16. The highest BCUT2D eigenvalue weighted by molar-refractivity contribution is 5.88. The van der Waals surface area contributed by atoms with E-state index in [1.807, 2.05) is 69.3 Å². The lowest BCUT2D eigenvalue weighted by molar-refractivity contribution is -0.142. The van der Waals surface area contributed by atoms with Gasteiger partial charge in [-0.1, -0.05) is 48.5 Å². The molecule has 0 aliphatic heterocycles. The molecule has 0 bridgehead atoms. The molecule has 1 atom stereocenters. The Hall–Kier alpha value is -3.67. The van der Waals surface area contributed by atoms with Gasteiger partial charge in [0.05, 0.1) is 0 Å². The summed E-state index contributed by atoms with van der Waals surface area (Å²) in [4.78, 5) is 28.1. The molecule has 1 N–H and O–H groups in total. The van der Waals surface area contributed by atoms with Gasteiger partial charge < -0.3 is 15.0 Å². The first-order valence-corrected chi connectivity index (χ1v) is 11.4. The van der Waals surface area contributed by atoms with Gasteiger partial charge in [0.25, 0.3) is 5.91 Å². The fraction of sp³-hybridized carbons (Fsp3) is 0.286. The Bertz CT molecular complexity index is 1080. The number of benzene rings is 3. The molecule has 0 aromatic heterocycles. The molecule has 0 aliphatic rings. The Balaban J connectivity index is 1.89. The van der Waals surface area contributed by atoms with Crippen LogP contribution in [-0.2, 0) is 22.6 Å². The minimum absolute atomic E-state index is 0.157. The van der Waals surface area contributed by atoms with E-state index in [-0.39, 0.29) is 30.8 Å². The second-order valence-corrected chi connectivity index (χ2v) is 8.36. The van der Waals surface area contributed by atoms with E-state index in [4.69, 9.17) is 4.74 Å². The fourth-order valence-corrected chi connectivity index (χ4v) is 3.88. The first-order valence-electron chi connectivity index (χ1n) is 11.4. The summed E-state index contributed by atoms with van der Waals surface area (Å²) < 4.78 is 19.3. The number of amides is 2. The van der Waals surface area contributed by atoms with Crippen LogP contribution < -0.4 is 10.1 Å². The van der Waals surface area contributed by atoms with Crippen molar-refractivity contribution in [1.29, 1.82) is 0 Å². The normalized spacial score (nSPS) is 11.5. The molecule has 34 heavy (non-hydrogen) atoms. The van der Waals surface area contributed by atoms with Crippen LogP contribution in [0.2, 0.25) is 0 Å². The van der Waals surface area contributed by atoms with Crippen molar-refractivity contribution in [2.75, 3.05) is 13.2 Å². The summed E-state index contributed by atoms with van der Waals surface area (Å²) in [5.41, 5.74) is 3.74. The summed E-state index contributed by atoms with van der Waals surface area (Å²) in [5.74, 6) is -0.321. The number of hydrogen-bond acceptors (Lipinski definition) is 3. The maximum atomic E-state index is 13.5. The van der Waals surface area contributed by atoms with Gasteiger partial charge in [-0.25, -0.2) is 4.39 Å². The Morgan fingerprint density at radius 2 is 1.59 bits per heavy atom. The smallest absolute Gasteiger partial charge is 0.261 e. The molecule has 0 spiro atoms. The van der Waals surface area contributed by atoms with E-state index in [9.17, 15) is 14.0 Å². The van der Waals surface area contributed by atoms with Crippen LogP contribution in [0.5, 0.6) is 5.75 Å². The molecule has 3 aromatic rings. The van der Waals surface area contributed by atoms with E-state index in [2.05, 4.69) is 5.32 Å². The monoisotopic (exact) mass is 462 g/mol. The number of nitrogens with one attached hydrogen (secondary N) is 1. The van der Waals surface area contributed by atoms with Crippen LogP contribution >= 0.6 is 0 Å². The number of likely N-dealkylation sites (N-methyl/N-ethyl adjacent to an activating group) is 1. The third-order valence-corrected chi connectivity index (χ3v) is 5.45. The molecule has 6 heteroatoms. The van der Waals surface area contributed by atoms with Gasteiger partial charge in [-0.15, -0.1) is 0 Å². The summed E-state index contributed by atoms with van der Waals surface area (Å²) in [7, 11) is 0. The van der Waals surface area contributed by atoms with Crippen molar-refractivity contribution in [2.24, 2.45) is 0 Å². The molecular weight excluding hydrogens is 431 g/mol. The van der Waals surface area contributed by atoms with Crippen molar-refractivity contribution in [3.8, 4) is 5.75 Å². The Morgan fingerprint density at radius 1 is 0.941 bits per heavy atom. The van der Waals surface area contributed by atoms with Crippen LogP contribution in [0.4, 0.5) is 4.39 Å². The molecule has 0 saturated carbocycles. The number of hydrogen-bond donors (Lipinski definition) is 1. The molecule has 0 saturated heterocycles.